The first-order valence-corrected chi connectivity index (χ1v) is 8.25. The van der Waals surface area contributed by atoms with Gasteiger partial charge >= 0.3 is 0 Å². The van der Waals surface area contributed by atoms with Crippen molar-refractivity contribution < 1.29 is 0 Å². The molecule has 2 fully saturated rings. The highest BCUT2D eigenvalue weighted by Gasteiger charge is 2.76. The number of hydrogen-bond acceptors (Lipinski definition) is 0. The van der Waals surface area contributed by atoms with E-state index in [1.807, 2.05) is 6.92 Å². The van der Waals surface area contributed by atoms with Gasteiger partial charge in [0.1, 0.15) is 9.67 Å². The minimum atomic E-state index is -0.704. The SMILES string of the molecule is CC1(C(Cl)Cl)C2C(Cl)CC1(C(Cl)Cl)C(Cl)C2Cl. The summed E-state index contributed by atoms with van der Waals surface area (Å²) in [6.45, 7) is 1.93. The second-order valence-electron chi connectivity index (χ2n) is 5.02. The second kappa shape index (κ2) is 4.79. The molecule has 2 saturated carbocycles. The Morgan fingerprint density at radius 3 is 1.88 bits per heavy atom. The van der Waals surface area contributed by atoms with Crippen LogP contribution in [0.25, 0.3) is 0 Å². The van der Waals surface area contributed by atoms with Crippen LogP contribution in [0.1, 0.15) is 13.3 Å². The van der Waals surface area contributed by atoms with Crippen molar-refractivity contribution in [1.82, 2.24) is 0 Å². The first-order valence-electron chi connectivity index (χ1n) is 5.19. The average Bonchev–Trinajstić information content (AvgIpc) is 2.54. The molecule has 0 nitrogen and oxygen atoms in total. The molecule has 6 unspecified atom stereocenters. The fraction of sp³-hybridized carbons (Fsp3) is 1.00. The molecule has 2 aliphatic carbocycles. The van der Waals surface area contributed by atoms with Crippen molar-refractivity contribution in [2.45, 2.75) is 39.1 Å². The van der Waals surface area contributed by atoms with Crippen LogP contribution in [0.2, 0.25) is 0 Å². The second-order valence-corrected chi connectivity index (χ2v) is 8.74. The number of alkyl halides is 7. The van der Waals surface area contributed by atoms with Crippen molar-refractivity contribution in [3.8, 4) is 0 Å². The van der Waals surface area contributed by atoms with Crippen molar-refractivity contribution in [2.24, 2.45) is 16.7 Å². The van der Waals surface area contributed by atoms with Gasteiger partial charge in [-0.25, -0.2) is 0 Å². The van der Waals surface area contributed by atoms with E-state index in [4.69, 9.17) is 81.2 Å². The molecule has 0 radical (unpaired) electrons. The molecule has 0 aromatic rings. The van der Waals surface area contributed by atoms with Crippen molar-refractivity contribution >= 4 is 81.2 Å². The predicted molar refractivity (Wildman–Crippen MR) is 78.6 cm³/mol. The summed E-state index contributed by atoms with van der Waals surface area (Å²) in [7, 11) is 0. The van der Waals surface area contributed by atoms with Crippen LogP contribution in [-0.4, -0.2) is 25.8 Å². The molecule has 7 heteroatoms. The van der Waals surface area contributed by atoms with Gasteiger partial charge in [-0.05, 0) is 6.42 Å². The van der Waals surface area contributed by atoms with Gasteiger partial charge in [-0.3, -0.25) is 0 Å². The Labute approximate surface area is 136 Å². The van der Waals surface area contributed by atoms with E-state index in [9.17, 15) is 0 Å². The van der Waals surface area contributed by atoms with Gasteiger partial charge in [0.2, 0.25) is 0 Å². The summed E-state index contributed by atoms with van der Waals surface area (Å²) >= 11 is 43.8. The number of fused-ring (bicyclic) bond motifs is 2. The molecule has 2 aliphatic rings. The highest BCUT2D eigenvalue weighted by Crippen LogP contribution is 2.74. The van der Waals surface area contributed by atoms with Gasteiger partial charge in [0, 0.05) is 22.1 Å². The molecular weight excluding hydrogens is 368 g/mol. The first kappa shape index (κ1) is 15.4. The van der Waals surface area contributed by atoms with Crippen LogP contribution in [0.4, 0.5) is 0 Å². The summed E-state index contributed by atoms with van der Waals surface area (Å²) in [5.41, 5.74) is -1.22. The van der Waals surface area contributed by atoms with Crippen molar-refractivity contribution in [1.29, 1.82) is 0 Å². The highest BCUT2D eigenvalue weighted by atomic mass is 35.5. The number of halogens is 7. The van der Waals surface area contributed by atoms with Crippen molar-refractivity contribution in [2.75, 3.05) is 0 Å². The number of hydrogen-bond donors (Lipinski definition) is 0. The molecule has 6 atom stereocenters. The van der Waals surface area contributed by atoms with Gasteiger partial charge in [-0.2, -0.15) is 0 Å². The average molecular weight is 379 g/mol. The third kappa shape index (κ3) is 1.71. The lowest BCUT2D eigenvalue weighted by atomic mass is 9.70. The van der Waals surface area contributed by atoms with E-state index in [0.29, 0.717) is 6.42 Å². The fourth-order valence-electron chi connectivity index (χ4n) is 3.55. The van der Waals surface area contributed by atoms with Crippen LogP contribution in [-0.2, 0) is 0 Å². The monoisotopic (exact) mass is 376 g/mol. The van der Waals surface area contributed by atoms with E-state index >= 15 is 0 Å². The van der Waals surface area contributed by atoms with Crippen molar-refractivity contribution in [3.63, 3.8) is 0 Å². The molecular formula is C10H11Cl7. The van der Waals surface area contributed by atoms with Gasteiger partial charge in [-0.15, -0.1) is 81.2 Å². The normalized spacial score (nSPS) is 54.0. The van der Waals surface area contributed by atoms with Crippen LogP contribution < -0.4 is 0 Å². The largest absolute Gasteiger partial charge is 0.123 e. The lowest BCUT2D eigenvalue weighted by molar-refractivity contribution is 0.140. The third-order valence-corrected chi connectivity index (χ3v) is 8.00. The van der Waals surface area contributed by atoms with Gasteiger partial charge in [0.05, 0.1) is 10.8 Å². The van der Waals surface area contributed by atoms with E-state index in [0.717, 1.165) is 0 Å². The molecule has 17 heavy (non-hydrogen) atoms. The van der Waals surface area contributed by atoms with Gasteiger partial charge in [-0.1, -0.05) is 6.92 Å². The quantitative estimate of drug-likeness (QED) is 0.561. The van der Waals surface area contributed by atoms with E-state index in [1.165, 1.54) is 0 Å². The molecule has 0 spiro atoms. The Morgan fingerprint density at radius 1 is 1.00 bits per heavy atom. The summed E-state index contributed by atoms with van der Waals surface area (Å²) in [5, 5.41) is -0.857. The molecule has 0 N–H and O–H groups in total. The number of rotatable bonds is 2. The standard InChI is InChI=1S/C10H11Cl7/c1-9(7(14)15)4-3(11)2-10(9,8(16)17)6(13)5(4)12/h3-8H,2H2,1H3. The first-order chi connectivity index (χ1) is 7.71. The van der Waals surface area contributed by atoms with E-state index in [-0.39, 0.29) is 22.0 Å². The molecule has 0 aromatic carbocycles. The molecule has 0 aromatic heterocycles. The topological polar surface area (TPSA) is 0 Å². The molecule has 0 heterocycles. The predicted octanol–water partition coefficient (Wildman–Crippen LogP) is 5.44. The van der Waals surface area contributed by atoms with Crippen LogP contribution in [0.5, 0.6) is 0 Å². The Bertz CT molecular complexity index is 320. The third-order valence-electron chi connectivity index (χ3n) is 4.58. The zero-order valence-electron chi connectivity index (χ0n) is 8.82. The van der Waals surface area contributed by atoms with Gasteiger partial charge < -0.3 is 0 Å². The van der Waals surface area contributed by atoms with Crippen molar-refractivity contribution in [3.05, 3.63) is 0 Å². The lowest BCUT2D eigenvalue weighted by Crippen LogP contribution is -2.47. The lowest BCUT2D eigenvalue weighted by Gasteiger charge is -2.44. The summed E-state index contributed by atoms with van der Waals surface area (Å²) in [6, 6.07) is 0. The summed E-state index contributed by atoms with van der Waals surface area (Å²) < 4.78 is 0. The summed E-state index contributed by atoms with van der Waals surface area (Å²) in [5.74, 6) is -0.0895. The van der Waals surface area contributed by atoms with E-state index in [1.54, 1.807) is 0 Å². The molecule has 100 valence electrons. The summed E-state index contributed by atoms with van der Waals surface area (Å²) in [6.07, 6.45) is 0.584. The van der Waals surface area contributed by atoms with E-state index in [2.05, 4.69) is 0 Å². The molecule has 0 aliphatic heterocycles. The Kier molecular flexibility index (Phi) is 4.35. The zero-order chi connectivity index (χ0) is 13.2. The Morgan fingerprint density at radius 2 is 1.53 bits per heavy atom. The van der Waals surface area contributed by atoms with Gasteiger partial charge in [0.15, 0.2) is 0 Å². The minimum absolute atomic E-state index is 0.0895. The highest BCUT2D eigenvalue weighted by molar-refractivity contribution is 6.48. The van der Waals surface area contributed by atoms with E-state index < -0.39 is 20.5 Å². The maximum absolute atomic E-state index is 6.43. The fourth-order valence-corrected chi connectivity index (χ4v) is 7.32. The van der Waals surface area contributed by atoms with Gasteiger partial charge in [0.25, 0.3) is 0 Å². The van der Waals surface area contributed by atoms with Crippen LogP contribution in [0, 0.1) is 16.7 Å². The van der Waals surface area contributed by atoms with Crippen LogP contribution >= 0.6 is 81.2 Å². The molecule has 0 amide bonds. The maximum atomic E-state index is 6.43. The van der Waals surface area contributed by atoms with Crippen LogP contribution in [0.3, 0.4) is 0 Å². The molecule has 0 saturated heterocycles. The minimum Gasteiger partial charge on any atom is -0.123 e. The zero-order valence-corrected chi connectivity index (χ0v) is 14.1. The summed E-state index contributed by atoms with van der Waals surface area (Å²) in [4.78, 5) is -1.37. The smallest absolute Gasteiger partial charge is 0.115 e. The van der Waals surface area contributed by atoms with Crippen LogP contribution in [0.15, 0.2) is 0 Å². The maximum Gasteiger partial charge on any atom is 0.115 e. The Hall–Kier alpha value is 2.03. The molecule has 2 rings (SSSR count). The molecule has 2 bridgehead atoms. The Balaban J connectivity index is 2.59.